The van der Waals surface area contributed by atoms with Gasteiger partial charge < -0.3 is 9.47 Å². The molecule has 1 aliphatic rings. The van der Waals surface area contributed by atoms with Crippen molar-refractivity contribution in [3.05, 3.63) is 68.1 Å². The van der Waals surface area contributed by atoms with Gasteiger partial charge in [-0.2, -0.15) is 0 Å². The molecule has 0 fully saturated rings. The highest BCUT2D eigenvalue weighted by molar-refractivity contribution is 6.55. The fourth-order valence-corrected chi connectivity index (χ4v) is 3.40. The molecule has 1 aliphatic carbocycles. The average molecular weight is 404 g/mol. The van der Waals surface area contributed by atoms with E-state index in [1.54, 1.807) is 12.1 Å². The number of rotatable bonds is 5. The summed E-state index contributed by atoms with van der Waals surface area (Å²) in [6.45, 7) is 0.227. The van der Waals surface area contributed by atoms with Crippen molar-refractivity contribution in [2.75, 3.05) is 6.61 Å². The second kappa shape index (κ2) is 7.88. The zero-order valence-electron chi connectivity index (χ0n) is 12.6. The lowest BCUT2D eigenvalue weighted by Crippen LogP contribution is -2.04. The van der Waals surface area contributed by atoms with Crippen molar-refractivity contribution < 1.29 is 9.47 Å². The van der Waals surface area contributed by atoms with Crippen molar-refractivity contribution in [1.29, 1.82) is 0 Å². The lowest BCUT2D eigenvalue weighted by molar-refractivity contribution is 0.207. The monoisotopic (exact) mass is 402 g/mol. The van der Waals surface area contributed by atoms with E-state index in [4.69, 9.17) is 55.9 Å². The van der Waals surface area contributed by atoms with E-state index in [9.17, 15) is 0 Å². The molecule has 1 atom stereocenters. The molecule has 0 saturated heterocycles. The third-order valence-corrected chi connectivity index (χ3v) is 4.67. The van der Waals surface area contributed by atoms with Crippen LogP contribution in [0.15, 0.2) is 47.0 Å². The minimum atomic E-state index is -0.0408. The van der Waals surface area contributed by atoms with Crippen molar-refractivity contribution in [2.24, 2.45) is 0 Å². The van der Waals surface area contributed by atoms with Crippen molar-refractivity contribution in [2.45, 2.75) is 18.9 Å². The molecule has 2 aromatic rings. The minimum absolute atomic E-state index is 0.0408. The first kappa shape index (κ1) is 17.8. The molecule has 0 bridgehead atoms. The number of benzene rings is 2. The molecule has 0 aromatic heterocycles. The Bertz CT molecular complexity index is 746. The third kappa shape index (κ3) is 4.12. The molecule has 0 aliphatic heterocycles. The van der Waals surface area contributed by atoms with Crippen LogP contribution in [0.4, 0.5) is 0 Å². The van der Waals surface area contributed by atoms with Gasteiger partial charge in [0.2, 0.25) is 0 Å². The predicted molar refractivity (Wildman–Crippen MR) is 99.9 cm³/mol. The van der Waals surface area contributed by atoms with Gasteiger partial charge in [0.25, 0.3) is 0 Å². The van der Waals surface area contributed by atoms with Gasteiger partial charge in [0.05, 0.1) is 10.0 Å². The smallest absolute Gasteiger partial charge is 0.157 e. The molecule has 126 valence electrons. The molecule has 0 spiro atoms. The third-order valence-electron chi connectivity index (χ3n) is 3.80. The quantitative estimate of drug-likeness (QED) is 0.549. The van der Waals surface area contributed by atoms with Crippen LogP contribution in [0.1, 0.15) is 23.7 Å². The van der Waals surface area contributed by atoms with Crippen LogP contribution in [0.2, 0.25) is 10.0 Å². The lowest BCUT2D eigenvalue weighted by Gasteiger charge is -2.18. The summed E-state index contributed by atoms with van der Waals surface area (Å²) in [7, 11) is 0. The normalized spacial score (nSPS) is 15.8. The zero-order chi connectivity index (χ0) is 17.1. The number of aryl methyl sites for hydroxylation is 1. The maximum Gasteiger partial charge on any atom is 0.157 e. The molecule has 24 heavy (non-hydrogen) atoms. The van der Waals surface area contributed by atoms with Crippen LogP contribution >= 0.6 is 46.4 Å². The van der Waals surface area contributed by atoms with Gasteiger partial charge in [-0.15, -0.1) is 0 Å². The maximum absolute atomic E-state index is 6.32. The Morgan fingerprint density at radius 3 is 2.54 bits per heavy atom. The highest BCUT2D eigenvalue weighted by Crippen LogP contribution is 2.42. The van der Waals surface area contributed by atoms with Crippen molar-refractivity contribution in [3.63, 3.8) is 0 Å². The molecule has 0 saturated carbocycles. The molecule has 0 N–H and O–H groups in total. The largest absolute Gasteiger partial charge is 0.489 e. The Labute approximate surface area is 160 Å². The van der Waals surface area contributed by atoms with E-state index in [-0.39, 0.29) is 17.2 Å². The topological polar surface area (TPSA) is 18.5 Å². The first-order chi connectivity index (χ1) is 11.5. The van der Waals surface area contributed by atoms with Gasteiger partial charge in [0, 0.05) is 12.1 Å². The second-order valence-corrected chi connectivity index (χ2v) is 7.19. The fourth-order valence-electron chi connectivity index (χ4n) is 2.72. The number of fused-ring (bicyclic) bond motifs is 1. The van der Waals surface area contributed by atoms with E-state index >= 15 is 0 Å². The summed E-state index contributed by atoms with van der Waals surface area (Å²) in [5.74, 6) is 0.994. The van der Waals surface area contributed by atoms with E-state index in [2.05, 4.69) is 12.1 Å². The minimum Gasteiger partial charge on any atom is -0.489 e. The van der Waals surface area contributed by atoms with E-state index in [0.29, 0.717) is 21.5 Å². The van der Waals surface area contributed by atoms with Gasteiger partial charge in [-0.3, -0.25) is 0 Å². The van der Waals surface area contributed by atoms with Gasteiger partial charge in [-0.25, -0.2) is 0 Å². The molecule has 6 heteroatoms. The molecular formula is C18H14Cl4O2. The van der Waals surface area contributed by atoms with Crippen LogP contribution in [0.3, 0.4) is 0 Å². The number of halogens is 4. The van der Waals surface area contributed by atoms with Gasteiger partial charge in [0.1, 0.15) is 23.0 Å². The number of hydrogen-bond acceptors (Lipinski definition) is 2. The molecule has 0 amide bonds. The summed E-state index contributed by atoms with van der Waals surface area (Å²) in [4.78, 5) is 0. The molecule has 2 nitrogen and oxygen atoms in total. The van der Waals surface area contributed by atoms with Crippen LogP contribution in [0.5, 0.6) is 11.5 Å². The predicted octanol–water partition coefficient (Wildman–Crippen LogP) is 6.76. The molecule has 0 radical (unpaired) electrons. The van der Waals surface area contributed by atoms with Crippen LogP contribution in [0, 0.1) is 0 Å². The van der Waals surface area contributed by atoms with Crippen LogP contribution in [-0.2, 0) is 6.42 Å². The first-order valence-electron chi connectivity index (χ1n) is 7.42. The van der Waals surface area contributed by atoms with Gasteiger partial charge in [-0.1, -0.05) is 70.7 Å². The van der Waals surface area contributed by atoms with E-state index in [0.717, 1.165) is 12.8 Å². The average Bonchev–Trinajstić information content (AvgIpc) is 2.94. The summed E-state index contributed by atoms with van der Waals surface area (Å²) >= 11 is 23.7. The summed E-state index contributed by atoms with van der Waals surface area (Å²) in [6.07, 6.45) is 3.39. The van der Waals surface area contributed by atoms with Gasteiger partial charge >= 0.3 is 0 Å². The Hall–Kier alpha value is -1.06. The van der Waals surface area contributed by atoms with Crippen molar-refractivity contribution in [3.8, 4) is 11.5 Å². The maximum atomic E-state index is 6.32. The summed E-state index contributed by atoms with van der Waals surface area (Å²) < 4.78 is 11.7. The Morgan fingerprint density at radius 2 is 1.83 bits per heavy atom. The van der Waals surface area contributed by atoms with Gasteiger partial charge in [-0.05, 0) is 30.0 Å². The zero-order valence-corrected chi connectivity index (χ0v) is 15.6. The molecule has 1 unspecified atom stereocenters. The Balaban J connectivity index is 1.76. The van der Waals surface area contributed by atoms with Gasteiger partial charge in [0.15, 0.2) is 5.75 Å². The van der Waals surface area contributed by atoms with E-state index < -0.39 is 0 Å². The SMILES string of the molecule is ClC(Cl)=CCOc1cc(Cl)c(OC2CCc3ccccc32)c(Cl)c1. The number of hydrogen-bond donors (Lipinski definition) is 0. The Morgan fingerprint density at radius 1 is 1.12 bits per heavy atom. The van der Waals surface area contributed by atoms with Crippen LogP contribution in [0.25, 0.3) is 0 Å². The van der Waals surface area contributed by atoms with Crippen molar-refractivity contribution in [1.82, 2.24) is 0 Å². The second-order valence-electron chi connectivity index (χ2n) is 5.36. The summed E-state index contributed by atoms with van der Waals surface area (Å²) in [6, 6.07) is 11.6. The van der Waals surface area contributed by atoms with E-state index in [1.165, 1.54) is 17.2 Å². The summed E-state index contributed by atoms with van der Waals surface area (Å²) in [5.41, 5.74) is 2.49. The van der Waals surface area contributed by atoms with Crippen LogP contribution in [-0.4, -0.2) is 6.61 Å². The first-order valence-corrected chi connectivity index (χ1v) is 8.93. The molecular weight excluding hydrogens is 390 g/mol. The standard InChI is InChI=1S/C18H14Cl4O2/c19-14-9-12(23-8-7-17(21)22)10-15(20)18(14)24-16-6-5-11-3-1-2-4-13(11)16/h1-4,7,9-10,16H,5-6,8H2. The summed E-state index contributed by atoms with van der Waals surface area (Å²) in [5, 5.41) is 0.811. The molecule has 3 rings (SSSR count). The fraction of sp³-hybridized carbons (Fsp3) is 0.222. The van der Waals surface area contributed by atoms with Crippen molar-refractivity contribution >= 4 is 46.4 Å². The highest BCUT2D eigenvalue weighted by atomic mass is 35.5. The lowest BCUT2D eigenvalue weighted by atomic mass is 10.1. The molecule has 0 heterocycles. The Kier molecular flexibility index (Phi) is 5.83. The number of ether oxygens (including phenoxy) is 2. The van der Waals surface area contributed by atoms with E-state index in [1.807, 2.05) is 12.1 Å². The molecule has 2 aromatic carbocycles. The highest BCUT2D eigenvalue weighted by Gasteiger charge is 2.25. The van der Waals surface area contributed by atoms with Crippen LogP contribution < -0.4 is 9.47 Å².